The second-order valence-corrected chi connectivity index (χ2v) is 4.56. The van der Waals surface area contributed by atoms with Gasteiger partial charge in [0.2, 0.25) is 5.91 Å². The molecular weight excluding hydrogens is 248 g/mol. The van der Waals surface area contributed by atoms with E-state index in [1.165, 1.54) is 4.57 Å². The Kier molecular flexibility index (Phi) is 3.42. The predicted octanol–water partition coefficient (Wildman–Crippen LogP) is 3.36. The Labute approximate surface area is 117 Å². The maximum atomic E-state index is 12.7. The van der Waals surface area contributed by atoms with Gasteiger partial charge in [0.25, 0.3) is 0 Å². The lowest BCUT2D eigenvalue weighted by atomic mass is 9.90. The van der Waals surface area contributed by atoms with E-state index in [4.69, 9.17) is 0 Å². The van der Waals surface area contributed by atoms with E-state index in [2.05, 4.69) is 4.98 Å². The molecule has 3 heteroatoms. The summed E-state index contributed by atoms with van der Waals surface area (Å²) < 4.78 is 1.53. The molecule has 20 heavy (non-hydrogen) atoms. The van der Waals surface area contributed by atoms with Crippen LogP contribution in [0.15, 0.2) is 79.4 Å². The molecule has 0 fully saturated rings. The lowest BCUT2D eigenvalue weighted by molar-refractivity contribution is 0.0893. The first-order valence-electron chi connectivity index (χ1n) is 6.48. The average Bonchev–Trinajstić information content (AvgIpc) is 3.04. The molecule has 1 heterocycles. The predicted molar refractivity (Wildman–Crippen MR) is 77.6 cm³/mol. The number of nitrogens with zero attached hydrogens (tertiary/aromatic N) is 2. The van der Waals surface area contributed by atoms with Gasteiger partial charge in [-0.25, -0.2) is 4.98 Å². The SMILES string of the molecule is O=C(C(c1ccccc1)c1ccccc1)n1ccnc1. The minimum atomic E-state index is -0.313. The molecule has 1 aromatic heterocycles. The highest BCUT2D eigenvalue weighted by atomic mass is 16.2. The third-order valence-electron chi connectivity index (χ3n) is 3.27. The largest absolute Gasteiger partial charge is 0.276 e. The Hall–Kier alpha value is -2.68. The van der Waals surface area contributed by atoms with Gasteiger partial charge in [0, 0.05) is 12.4 Å². The summed E-state index contributed by atoms with van der Waals surface area (Å²) in [5, 5.41) is 0. The molecule has 0 saturated heterocycles. The summed E-state index contributed by atoms with van der Waals surface area (Å²) >= 11 is 0. The van der Waals surface area contributed by atoms with Crippen molar-refractivity contribution in [1.29, 1.82) is 0 Å². The first-order chi connectivity index (χ1) is 9.86. The molecule has 0 aliphatic carbocycles. The fraction of sp³-hybridized carbons (Fsp3) is 0.0588. The molecular formula is C17H14N2O. The van der Waals surface area contributed by atoms with Crippen LogP contribution in [0.2, 0.25) is 0 Å². The number of hydrogen-bond donors (Lipinski definition) is 0. The molecule has 0 amide bonds. The van der Waals surface area contributed by atoms with Gasteiger partial charge in [-0.2, -0.15) is 0 Å². The zero-order chi connectivity index (χ0) is 13.8. The molecule has 98 valence electrons. The molecule has 0 spiro atoms. The Balaban J connectivity index is 2.07. The second kappa shape index (κ2) is 5.53. The van der Waals surface area contributed by atoms with Gasteiger partial charge in [-0.3, -0.25) is 9.36 Å². The normalized spacial score (nSPS) is 10.7. The van der Waals surface area contributed by atoms with E-state index in [-0.39, 0.29) is 11.8 Å². The Bertz CT molecular complexity index is 636. The quantitative estimate of drug-likeness (QED) is 0.725. The van der Waals surface area contributed by atoms with Gasteiger partial charge in [-0.15, -0.1) is 0 Å². The van der Waals surface area contributed by atoms with Crippen molar-refractivity contribution in [3.8, 4) is 0 Å². The zero-order valence-corrected chi connectivity index (χ0v) is 10.9. The van der Waals surface area contributed by atoms with E-state index in [1.807, 2.05) is 60.7 Å². The summed E-state index contributed by atoms with van der Waals surface area (Å²) in [6.45, 7) is 0. The average molecular weight is 262 g/mol. The minimum Gasteiger partial charge on any atom is -0.276 e. The molecule has 0 bridgehead atoms. The fourth-order valence-electron chi connectivity index (χ4n) is 2.31. The summed E-state index contributed by atoms with van der Waals surface area (Å²) in [6, 6.07) is 19.6. The molecule has 3 nitrogen and oxygen atoms in total. The molecule has 3 aromatic rings. The van der Waals surface area contributed by atoms with Crippen LogP contribution in [0.1, 0.15) is 21.8 Å². The Morgan fingerprint density at radius 3 is 1.90 bits per heavy atom. The van der Waals surface area contributed by atoms with E-state index in [0.29, 0.717) is 0 Å². The monoisotopic (exact) mass is 262 g/mol. The van der Waals surface area contributed by atoms with Crippen LogP contribution in [0.25, 0.3) is 0 Å². The summed E-state index contributed by atoms with van der Waals surface area (Å²) in [6.07, 6.45) is 4.84. The molecule has 0 atom stereocenters. The number of benzene rings is 2. The third-order valence-corrected chi connectivity index (χ3v) is 3.27. The molecule has 3 rings (SSSR count). The van der Waals surface area contributed by atoms with Crippen molar-refractivity contribution in [2.24, 2.45) is 0 Å². The van der Waals surface area contributed by atoms with Crippen LogP contribution in [-0.2, 0) is 0 Å². The summed E-state index contributed by atoms with van der Waals surface area (Å²) in [7, 11) is 0. The molecule has 0 unspecified atom stereocenters. The fourth-order valence-corrected chi connectivity index (χ4v) is 2.31. The van der Waals surface area contributed by atoms with Gasteiger partial charge >= 0.3 is 0 Å². The topological polar surface area (TPSA) is 34.9 Å². The standard InChI is InChI=1S/C17H14N2O/c20-17(19-12-11-18-13-19)16(14-7-3-1-4-8-14)15-9-5-2-6-10-15/h1-13,16H. The molecule has 0 radical (unpaired) electrons. The maximum absolute atomic E-state index is 12.7. The van der Waals surface area contributed by atoms with Crippen LogP contribution in [0.5, 0.6) is 0 Å². The lowest BCUT2D eigenvalue weighted by Gasteiger charge is -2.17. The van der Waals surface area contributed by atoms with Crippen molar-refractivity contribution in [2.45, 2.75) is 5.92 Å². The number of aromatic nitrogens is 2. The van der Waals surface area contributed by atoms with Gasteiger partial charge < -0.3 is 0 Å². The third kappa shape index (κ3) is 2.38. The van der Waals surface area contributed by atoms with Crippen LogP contribution in [0.3, 0.4) is 0 Å². The van der Waals surface area contributed by atoms with Crippen molar-refractivity contribution < 1.29 is 4.79 Å². The highest BCUT2D eigenvalue weighted by Crippen LogP contribution is 2.26. The van der Waals surface area contributed by atoms with Crippen LogP contribution in [0, 0.1) is 0 Å². The van der Waals surface area contributed by atoms with Gasteiger partial charge in [-0.05, 0) is 11.1 Å². The van der Waals surface area contributed by atoms with E-state index in [0.717, 1.165) is 11.1 Å². The van der Waals surface area contributed by atoms with Crippen molar-refractivity contribution >= 4 is 5.91 Å². The molecule has 0 aliphatic heterocycles. The highest BCUT2D eigenvalue weighted by Gasteiger charge is 2.23. The Morgan fingerprint density at radius 1 is 0.900 bits per heavy atom. The lowest BCUT2D eigenvalue weighted by Crippen LogP contribution is -2.20. The molecule has 0 saturated carbocycles. The molecule has 0 N–H and O–H groups in total. The van der Waals surface area contributed by atoms with E-state index < -0.39 is 0 Å². The number of rotatable bonds is 3. The summed E-state index contributed by atoms with van der Waals surface area (Å²) in [5.41, 5.74) is 1.97. The first kappa shape index (κ1) is 12.4. The van der Waals surface area contributed by atoms with Crippen LogP contribution < -0.4 is 0 Å². The van der Waals surface area contributed by atoms with Crippen LogP contribution in [0.4, 0.5) is 0 Å². The van der Waals surface area contributed by atoms with Crippen LogP contribution >= 0.6 is 0 Å². The van der Waals surface area contributed by atoms with Crippen molar-refractivity contribution in [1.82, 2.24) is 9.55 Å². The minimum absolute atomic E-state index is 0.0000926. The number of carbonyl (C=O) groups excluding carboxylic acids is 1. The van der Waals surface area contributed by atoms with E-state index in [1.54, 1.807) is 18.7 Å². The second-order valence-electron chi connectivity index (χ2n) is 4.56. The van der Waals surface area contributed by atoms with Gasteiger partial charge in [-0.1, -0.05) is 60.7 Å². The van der Waals surface area contributed by atoms with Gasteiger partial charge in [0.05, 0.1) is 5.92 Å². The number of carbonyl (C=O) groups is 1. The summed E-state index contributed by atoms with van der Waals surface area (Å²) in [4.78, 5) is 16.7. The van der Waals surface area contributed by atoms with Gasteiger partial charge in [0.1, 0.15) is 6.33 Å². The maximum Gasteiger partial charge on any atom is 0.243 e. The highest BCUT2D eigenvalue weighted by molar-refractivity contribution is 5.89. The van der Waals surface area contributed by atoms with Crippen molar-refractivity contribution in [3.05, 3.63) is 90.5 Å². The molecule has 0 aliphatic rings. The van der Waals surface area contributed by atoms with Crippen LogP contribution in [-0.4, -0.2) is 15.5 Å². The number of hydrogen-bond acceptors (Lipinski definition) is 2. The van der Waals surface area contributed by atoms with E-state index in [9.17, 15) is 4.79 Å². The number of imidazole rings is 1. The first-order valence-corrected chi connectivity index (χ1v) is 6.48. The van der Waals surface area contributed by atoms with Crippen molar-refractivity contribution in [3.63, 3.8) is 0 Å². The smallest absolute Gasteiger partial charge is 0.243 e. The zero-order valence-electron chi connectivity index (χ0n) is 10.9. The van der Waals surface area contributed by atoms with E-state index >= 15 is 0 Å². The molecule has 2 aromatic carbocycles. The Morgan fingerprint density at radius 2 is 1.45 bits per heavy atom. The summed E-state index contributed by atoms with van der Waals surface area (Å²) in [5.74, 6) is -0.313. The van der Waals surface area contributed by atoms with Crippen molar-refractivity contribution in [2.75, 3.05) is 0 Å². The van der Waals surface area contributed by atoms with Gasteiger partial charge in [0.15, 0.2) is 0 Å².